The Balaban J connectivity index is 2.40. The summed E-state index contributed by atoms with van der Waals surface area (Å²) in [6.07, 6.45) is 1.35. The molecule has 6 nitrogen and oxygen atoms in total. The Hall–Kier alpha value is -2.98. The molecule has 114 valence electrons. The van der Waals surface area contributed by atoms with E-state index in [1.165, 1.54) is 36.4 Å². The molecule has 0 heterocycles. The quantitative estimate of drug-likeness (QED) is 0.288. The first-order valence-corrected chi connectivity index (χ1v) is 7.11. The van der Waals surface area contributed by atoms with E-state index in [1.54, 1.807) is 12.1 Å². The molecule has 2 rings (SSSR count). The van der Waals surface area contributed by atoms with Gasteiger partial charge in [-0.2, -0.15) is 5.26 Å². The lowest BCUT2D eigenvalue weighted by atomic mass is 10.0. The molecule has 0 aliphatic carbocycles. The highest BCUT2D eigenvalue weighted by atomic mass is 79.9. The van der Waals surface area contributed by atoms with Crippen LogP contribution in [-0.2, 0) is 0 Å². The number of phenolic OH excluding ortho intramolecular Hbond substituents is 1. The van der Waals surface area contributed by atoms with Gasteiger partial charge in [-0.1, -0.05) is 18.2 Å². The molecule has 23 heavy (non-hydrogen) atoms. The van der Waals surface area contributed by atoms with Gasteiger partial charge in [0, 0.05) is 17.7 Å². The molecule has 2 aromatic rings. The van der Waals surface area contributed by atoms with Crippen LogP contribution >= 0.6 is 15.9 Å². The number of hydrogen-bond acceptors (Lipinski definition) is 5. The van der Waals surface area contributed by atoms with E-state index in [9.17, 15) is 25.3 Å². The van der Waals surface area contributed by atoms with Crippen LogP contribution in [0.2, 0.25) is 0 Å². The van der Waals surface area contributed by atoms with Crippen molar-refractivity contribution in [3.63, 3.8) is 0 Å². The van der Waals surface area contributed by atoms with Crippen LogP contribution in [0.25, 0.3) is 6.08 Å². The van der Waals surface area contributed by atoms with Gasteiger partial charge in [-0.25, -0.2) is 0 Å². The highest BCUT2D eigenvalue weighted by Gasteiger charge is 2.15. The maximum Gasteiger partial charge on any atom is 0.270 e. The molecule has 7 heteroatoms. The zero-order valence-corrected chi connectivity index (χ0v) is 13.1. The maximum absolute atomic E-state index is 12.3. The molecule has 0 aliphatic heterocycles. The number of benzene rings is 2. The third kappa shape index (κ3) is 3.81. The highest BCUT2D eigenvalue weighted by Crippen LogP contribution is 2.26. The lowest BCUT2D eigenvalue weighted by Gasteiger charge is -2.02. The summed E-state index contributed by atoms with van der Waals surface area (Å²) in [6.45, 7) is 0. The van der Waals surface area contributed by atoms with Gasteiger partial charge in [0.2, 0.25) is 5.78 Å². The van der Waals surface area contributed by atoms with Crippen molar-refractivity contribution in [2.45, 2.75) is 0 Å². The highest BCUT2D eigenvalue weighted by molar-refractivity contribution is 9.10. The summed E-state index contributed by atoms with van der Waals surface area (Å²) < 4.78 is 0.423. The fraction of sp³-hybridized carbons (Fsp3) is 0. The molecule has 0 aliphatic rings. The molecular weight excluding hydrogens is 364 g/mol. The Morgan fingerprint density at radius 2 is 2.04 bits per heavy atom. The minimum absolute atomic E-state index is 0.0330. The third-order valence-electron chi connectivity index (χ3n) is 2.97. The van der Waals surface area contributed by atoms with E-state index in [0.29, 0.717) is 10.0 Å². The fourth-order valence-electron chi connectivity index (χ4n) is 1.84. The van der Waals surface area contributed by atoms with E-state index < -0.39 is 10.7 Å². The Labute approximate surface area is 139 Å². The van der Waals surface area contributed by atoms with Gasteiger partial charge in [0.1, 0.15) is 17.4 Å². The summed E-state index contributed by atoms with van der Waals surface area (Å²) >= 11 is 3.14. The monoisotopic (exact) mass is 372 g/mol. The predicted molar refractivity (Wildman–Crippen MR) is 86.8 cm³/mol. The minimum Gasteiger partial charge on any atom is -0.507 e. The molecular formula is C16H9BrN2O4. The number of nitro groups is 1. The van der Waals surface area contributed by atoms with Crippen LogP contribution in [0.5, 0.6) is 5.75 Å². The maximum atomic E-state index is 12.3. The predicted octanol–water partition coefficient (Wildman–Crippen LogP) is 3.85. The number of phenols is 1. The van der Waals surface area contributed by atoms with E-state index in [-0.39, 0.29) is 22.6 Å². The van der Waals surface area contributed by atoms with Crippen molar-refractivity contribution in [2.75, 3.05) is 0 Å². The van der Waals surface area contributed by atoms with Crippen molar-refractivity contribution in [1.82, 2.24) is 0 Å². The van der Waals surface area contributed by atoms with Crippen LogP contribution in [0.1, 0.15) is 15.9 Å². The van der Waals surface area contributed by atoms with Crippen LogP contribution < -0.4 is 0 Å². The number of aromatic hydroxyl groups is 1. The van der Waals surface area contributed by atoms with Crippen LogP contribution in [0, 0.1) is 21.4 Å². The van der Waals surface area contributed by atoms with Gasteiger partial charge >= 0.3 is 0 Å². The van der Waals surface area contributed by atoms with Gasteiger partial charge in [0.15, 0.2) is 0 Å². The summed E-state index contributed by atoms with van der Waals surface area (Å²) in [4.78, 5) is 22.5. The number of carbonyl (C=O) groups is 1. The van der Waals surface area contributed by atoms with Crippen molar-refractivity contribution in [3.8, 4) is 11.8 Å². The molecule has 0 saturated carbocycles. The number of nitro benzene ring substituents is 1. The Morgan fingerprint density at radius 3 is 2.65 bits per heavy atom. The van der Waals surface area contributed by atoms with E-state index in [1.807, 2.05) is 0 Å². The zero-order valence-electron chi connectivity index (χ0n) is 11.6. The van der Waals surface area contributed by atoms with Crippen LogP contribution in [-0.4, -0.2) is 15.8 Å². The van der Waals surface area contributed by atoms with Crippen LogP contribution in [0.4, 0.5) is 5.69 Å². The Bertz CT molecular complexity index is 869. The van der Waals surface area contributed by atoms with Gasteiger partial charge in [-0.15, -0.1) is 0 Å². The molecule has 0 bridgehead atoms. The molecule has 0 spiro atoms. The molecule has 1 N–H and O–H groups in total. The standard InChI is InChI=1S/C16H9BrN2O4/c17-14-7-10(4-5-15(14)20)6-12(9-18)16(21)11-2-1-3-13(8-11)19(22)23/h1-8,20H/b12-6+. The summed E-state index contributed by atoms with van der Waals surface area (Å²) in [5.41, 5.74) is 0.207. The first-order valence-electron chi connectivity index (χ1n) is 6.32. The number of nitrogens with zero attached hydrogens (tertiary/aromatic N) is 2. The molecule has 0 radical (unpaired) electrons. The van der Waals surface area contributed by atoms with Crippen LogP contribution in [0.3, 0.4) is 0 Å². The number of carbonyl (C=O) groups excluding carboxylic acids is 1. The molecule has 0 amide bonds. The van der Waals surface area contributed by atoms with Gasteiger partial charge in [0.25, 0.3) is 5.69 Å². The topological polar surface area (TPSA) is 104 Å². The van der Waals surface area contributed by atoms with Gasteiger partial charge in [0.05, 0.1) is 9.40 Å². The Kier molecular flexibility index (Phi) is 4.88. The molecule has 0 atom stereocenters. The van der Waals surface area contributed by atoms with Crippen molar-refractivity contribution in [2.24, 2.45) is 0 Å². The number of non-ortho nitro benzene ring substituents is 1. The number of nitriles is 1. The first kappa shape index (κ1) is 16.4. The van der Waals surface area contributed by atoms with Gasteiger partial charge in [-0.3, -0.25) is 14.9 Å². The molecule has 0 aromatic heterocycles. The summed E-state index contributed by atoms with van der Waals surface area (Å²) in [7, 11) is 0. The lowest BCUT2D eigenvalue weighted by molar-refractivity contribution is -0.384. The van der Waals surface area contributed by atoms with Gasteiger partial charge < -0.3 is 5.11 Å². The minimum atomic E-state index is -0.611. The molecule has 2 aromatic carbocycles. The van der Waals surface area contributed by atoms with Crippen LogP contribution in [0.15, 0.2) is 52.5 Å². The van der Waals surface area contributed by atoms with E-state index >= 15 is 0 Å². The summed E-state index contributed by atoms with van der Waals surface area (Å²) in [5.74, 6) is -0.578. The van der Waals surface area contributed by atoms with E-state index in [2.05, 4.69) is 15.9 Å². The fourth-order valence-corrected chi connectivity index (χ4v) is 2.24. The third-order valence-corrected chi connectivity index (χ3v) is 3.60. The van der Waals surface area contributed by atoms with E-state index in [0.717, 1.165) is 6.07 Å². The second-order valence-corrected chi connectivity index (χ2v) is 5.37. The molecule has 0 saturated heterocycles. The number of hydrogen-bond donors (Lipinski definition) is 1. The van der Waals surface area contributed by atoms with Crippen molar-refractivity contribution < 1.29 is 14.8 Å². The SMILES string of the molecule is N#C/C(=C\c1ccc(O)c(Br)c1)C(=O)c1cccc([N+](=O)[O-])c1. The summed E-state index contributed by atoms with van der Waals surface area (Å²) in [6, 6.07) is 11.5. The Morgan fingerprint density at radius 1 is 1.30 bits per heavy atom. The summed E-state index contributed by atoms with van der Waals surface area (Å²) in [5, 5.41) is 29.4. The smallest absolute Gasteiger partial charge is 0.270 e. The normalized spacial score (nSPS) is 10.9. The molecule has 0 fully saturated rings. The zero-order chi connectivity index (χ0) is 17.0. The largest absolute Gasteiger partial charge is 0.507 e. The van der Waals surface area contributed by atoms with Gasteiger partial charge in [-0.05, 0) is 39.7 Å². The van der Waals surface area contributed by atoms with E-state index in [4.69, 9.17) is 0 Å². The molecule has 0 unspecified atom stereocenters. The number of halogens is 1. The van der Waals surface area contributed by atoms with Crippen molar-refractivity contribution >= 4 is 33.5 Å². The van der Waals surface area contributed by atoms with Crippen molar-refractivity contribution in [1.29, 1.82) is 5.26 Å². The average molecular weight is 373 g/mol. The second kappa shape index (κ2) is 6.85. The second-order valence-electron chi connectivity index (χ2n) is 4.52. The average Bonchev–Trinajstić information content (AvgIpc) is 2.55. The number of ketones is 1. The number of allylic oxidation sites excluding steroid dienone is 1. The lowest BCUT2D eigenvalue weighted by Crippen LogP contribution is -2.02. The number of Topliss-reactive ketones (excluding diaryl/α,β-unsaturated/α-hetero) is 1. The van der Waals surface area contributed by atoms with Crippen molar-refractivity contribution in [3.05, 3.63) is 73.8 Å². The first-order chi connectivity index (χ1) is 10.9. The number of rotatable bonds is 4.